The van der Waals surface area contributed by atoms with E-state index in [1.807, 2.05) is 0 Å². The molecule has 1 saturated carbocycles. The summed E-state index contributed by atoms with van der Waals surface area (Å²) in [5, 5.41) is 2.94. The average molecular weight is 212 g/mol. The molecule has 10 heavy (non-hydrogen) atoms. The maximum Gasteiger partial charge on any atom is 0 e. The molecule has 0 aliphatic heterocycles. The molecule has 0 aromatic heterocycles. The first-order chi connectivity index (χ1) is 4.34. The van der Waals surface area contributed by atoms with E-state index >= 15 is 0 Å². The van der Waals surface area contributed by atoms with E-state index in [4.69, 9.17) is 6.58 Å². The van der Waals surface area contributed by atoms with Crippen LogP contribution in [0, 0.1) is 13.6 Å². The Balaban J connectivity index is 0.000000810. The minimum atomic E-state index is 0. The summed E-state index contributed by atoms with van der Waals surface area (Å²) in [6.45, 7) is 5.70. The summed E-state index contributed by atoms with van der Waals surface area (Å²) >= 11 is 0. The van der Waals surface area contributed by atoms with E-state index in [2.05, 4.69) is 12.4 Å². The largest absolute Gasteiger partial charge is 0.513 e. The molecule has 0 aromatic rings. The Bertz CT molecular complexity index is 112. The first kappa shape index (κ1) is 10.8. The first-order valence-electron chi connectivity index (χ1n) is 3.48. The number of nitrogens with one attached hydrogen (secondary N) is 1. The Labute approximate surface area is 88.5 Å². The molecule has 1 nitrogen and oxygen atoms in total. The summed E-state index contributed by atoms with van der Waals surface area (Å²) in [4.78, 5) is 0. The van der Waals surface area contributed by atoms with E-state index in [0.29, 0.717) is 6.04 Å². The molecule has 2 heteroatoms. The molecular formula is C8H13NY-2. The predicted octanol–water partition coefficient (Wildman–Crippen LogP) is 1.67. The van der Waals surface area contributed by atoms with Crippen molar-refractivity contribution >= 4 is 0 Å². The van der Waals surface area contributed by atoms with Gasteiger partial charge in [-0.05, 0) is 12.5 Å². The van der Waals surface area contributed by atoms with Gasteiger partial charge in [-0.3, -0.25) is 7.05 Å². The fourth-order valence-electron chi connectivity index (χ4n) is 1.27. The average Bonchev–Trinajstić information content (AvgIpc) is 1.89. The van der Waals surface area contributed by atoms with Gasteiger partial charge in [-0.25, -0.2) is 5.57 Å². The van der Waals surface area contributed by atoms with Gasteiger partial charge in [0.15, 0.2) is 0 Å². The van der Waals surface area contributed by atoms with Crippen LogP contribution in [0.5, 0.6) is 0 Å². The van der Waals surface area contributed by atoms with Crippen LogP contribution in [0.15, 0.2) is 5.57 Å². The zero-order valence-corrected chi connectivity index (χ0v) is 9.11. The molecule has 0 saturated heterocycles. The zero-order valence-electron chi connectivity index (χ0n) is 6.27. The second-order valence-corrected chi connectivity index (χ2v) is 2.58. The third-order valence-corrected chi connectivity index (χ3v) is 1.90. The molecule has 1 unspecified atom stereocenters. The second kappa shape index (κ2) is 5.45. The monoisotopic (exact) mass is 212 g/mol. The molecule has 1 fully saturated rings. The van der Waals surface area contributed by atoms with Crippen LogP contribution in [0.1, 0.15) is 25.7 Å². The van der Waals surface area contributed by atoms with Crippen LogP contribution in [0.4, 0.5) is 0 Å². The van der Waals surface area contributed by atoms with Crippen molar-refractivity contribution in [1.82, 2.24) is 5.32 Å². The molecule has 1 N–H and O–H groups in total. The molecule has 0 aromatic carbocycles. The van der Waals surface area contributed by atoms with Crippen molar-refractivity contribution in [2.24, 2.45) is 0 Å². The molecule has 0 heterocycles. The maximum atomic E-state index is 5.70. The Morgan fingerprint density at radius 3 is 2.60 bits per heavy atom. The van der Waals surface area contributed by atoms with Crippen molar-refractivity contribution in [3.05, 3.63) is 19.2 Å². The normalized spacial score (nSPS) is 25.7. The minimum Gasteiger partial charge on any atom is -0.513 e. The van der Waals surface area contributed by atoms with Crippen molar-refractivity contribution in [3.8, 4) is 0 Å². The van der Waals surface area contributed by atoms with Gasteiger partial charge in [-0.1, -0.05) is 19.3 Å². The quantitative estimate of drug-likeness (QED) is 0.652. The van der Waals surface area contributed by atoms with Crippen molar-refractivity contribution in [2.75, 3.05) is 0 Å². The summed E-state index contributed by atoms with van der Waals surface area (Å²) in [7, 11) is 3.61. The topological polar surface area (TPSA) is 12.0 Å². The minimum absolute atomic E-state index is 0. The van der Waals surface area contributed by atoms with Gasteiger partial charge in [-0.15, -0.1) is 0 Å². The molecule has 0 amide bonds. The van der Waals surface area contributed by atoms with E-state index in [9.17, 15) is 0 Å². The second-order valence-electron chi connectivity index (χ2n) is 2.58. The molecule has 1 atom stereocenters. The molecular weight excluding hydrogens is 199 g/mol. The number of hydrogen-bond donors (Lipinski definition) is 1. The fourth-order valence-corrected chi connectivity index (χ4v) is 1.27. The van der Waals surface area contributed by atoms with Crippen LogP contribution in [0.3, 0.4) is 0 Å². The summed E-state index contributed by atoms with van der Waals surface area (Å²) < 4.78 is 0. The van der Waals surface area contributed by atoms with Gasteiger partial charge >= 0.3 is 0 Å². The fraction of sp³-hybridized carbons (Fsp3) is 0.625. The van der Waals surface area contributed by atoms with Crippen LogP contribution >= 0.6 is 0 Å². The van der Waals surface area contributed by atoms with Gasteiger partial charge in [0.25, 0.3) is 0 Å². The van der Waals surface area contributed by atoms with Gasteiger partial charge in [0.1, 0.15) is 0 Å². The van der Waals surface area contributed by atoms with Crippen molar-refractivity contribution < 1.29 is 32.7 Å². The number of rotatable bonds is 1. The molecule has 1 rings (SSSR count). The van der Waals surface area contributed by atoms with Gasteiger partial charge in [0.05, 0.1) is 0 Å². The standard InChI is InChI=1S/C8H13N.Y/c1-7-5-3-4-6-8(7)9-2;/h1,8-9H,2-6H2;/q-2;. The van der Waals surface area contributed by atoms with Crippen LogP contribution in [-0.2, 0) is 32.7 Å². The van der Waals surface area contributed by atoms with Crippen LogP contribution in [0.25, 0.3) is 0 Å². The van der Waals surface area contributed by atoms with Crippen molar-refractivity contribution in [3.63, 3.8) is 0 Å². The summed E-state index contributed by atoms with van der Waals surface area (Å²) in [5.74, 6) is 0. The Morgan fingerprint density at radius 1 is 1.50 bits per heavy atom. The van der Waals surface area contributed by atoms with Gasteiger partial charge in [0.2, 0.25) is 0 Å². The first-order valence-corrected chi connectivity index (χ1v) is 3.48. The zero-order chi connectivity index (χ0) is 6.69. The summed E-state index contributed by atoms with van der Waals surface area (Å²) in [5.41, 5.74) is 1.08. The molecule has 0 spiro atoms. The molecule has 1 radical (unpaired) electrons. The molecule has 1 aliphatic carbocycles. The smallest absolute Gasteiger partial charge is 0 e. The SMILES string of the molecule is [CH-]=C1CCCCC1N[CH2-].[Y]. The third-order valence-electron chi connectivity index (χ3n) is 1.90. The van der Waals surface area contributed by atoms with Gasteiger partial charge in [-0.2, -0.15) is 0 Å². The van der Waals surface area contributed by atoms with Crippen LogP contribution in [-0.4, -0.2) is 6.04 Å². The van der Waals surface area contributed by atoms with Crippen LogP contribution in [0.2, 0.25) is 0 Å². The predicted molar refractivity (Wildman–Crippen MR) is 38.6 cm³/mol. The van der Waals surface area contributed by atoms with E-state index in [0.717, 1.165) is 18.4 Å². The van der Waals surface area contributed by atoms with E-state index in [1.165, 1.54) is 12.8 Å². The van der Waals surface area contributed by atoms with Gasteiger partial charge in [0, 0.05) is 32.7 Å². The van der Waals surface area contributed by atoms with E-state index in [-0.39, 0.29) is 32.7 Å². The Kier molecular flexibility index (Phi) is 5.89. The van der Waals surface area contributed by atoms with Crippen molar-refractivity contribution in [1.29, 1.82) is 0 Å². The maximum absolute atomic E-state index is 5.70. The van der Waals surface area contributed by atoms with Crippen molar-refractivity contribution in [2.45, 2.75) is 31.7 Å². The molecule has 1 aliphatic rings. The third kappa shape index (κ3) is 2.81. The summed E-state index contributed by atoms with van der Waals surface area (Å²) in [6.07, 6.45) is 4.78. The molecule has 0 bridgehead atoms. The Morgan fingerprint density at radius 2 is 2.20 bits per heavy atom. The van der Waals surface area contributed by atoms with Gasteiger partial charge < -0.3 is 11.9 Å². The van der Waals surface area contributed by atoms with E-state index in [1.54, 1.807) is 0 Å². The Hall–Kier alpha value is 0.804. The van der Waals surface area contributed by atoms with Crippen LogP contribution < -0.4 is 5.32 Å². The summed E-state index contributed by atoms with van der Waals surface area (Å²) in [6, 6.07) is 0.388. The van der Waals surface area contributed by atoms with E-state index < -0.39 is 0 Å². The molecule has 55 valence electrons. The number of hydrogen-bond acceptors (Lipinski definition) is 1.